The summed E-state index contributed by atoms with van der Waals surface area (Å²) in [6, 6.07) is 82.9. The van der Waals surface area contributed by atoms with E-state index in [2.05, 4.69) is 266 Å². The molecule has 0 amide bonds. The van der Waals surface area contributed by atoms with Crippen molar-refractivity contribution in [3.63, 3.8) is 0 Å². The van der Waals surface area contributed by atoms with Gasteiger partial charge in [0.25, 0.3) is 0 Å². The van der Waals surface area contributed by atoms with Gasteiger partial charge >= 0.3 is 0 Å². The van der Waals surface area contributed by atoms with Crippen LogP contribution in [0.1, 0.15) is 11.1 Å². The molecule has 9 aromatic rings. The number of anilines is 8. The number of hydrogen-bond acceptors (Lipinski definition) is 3. The molecule has 0 atom stereocenters. The van der Waals surface area contributed by atoms with Crippen LogP contribution in [0, 0.1) is 13.8 Å². The molecule has 3 heteroatoms. The molecule has 60 heavy (non-hydrogen) atoms. The maximum Gasteiger partial charge on any atom is 0.0464 e. The second-order valence-corrected chi connectivity index (χ2v) is 15.4. The van der Waals surface area contributed by atoms with Crippen LogP contribution >= 0.6 is 0 Å². The lowest BCUT2D eigenvalue weighted by Gasteiger charge is -2.26. The third-order valence-electron chi connectivity index (χ3n) is 11.1. The summed E-state index contributed by atoms with van der Waals surface area (Å²) in [6.07, 6.45) is 0. The highest BCUT2D eigenvalue weighted by molar-refractivity contribution is 5.85. The first-order valence-electron chi connectivity index (χ1n) is 20.6. The van der Waals surface area contributed by atoms with E-state index in [1.54, 1.807) is 0 Å². The standard InChI is InChI=1S/C57H47N3/c1-42-15-13-23-56(37-42)59(52-19-9-5-10-20-52)54-33-27-45(28-34-54)48-39-47(44-25-31-51(32-26-44)58(3)50-17-7-4-8-18-50)40-49(41-48)46-29-35-55(36-30-46)60(53-21-11-6-12-22-53)57-24-14-16-43(2)38-57/h4-41H,1-3H3. The first kappa shape index (κ1) is 37.9. The second-order valence-electron chi connectivity index (χ2n) is 15.4. The topological polar surface area (TPSA) is 9.72 Å². The number of aryl methyl sites for hydroxylation is 2. The van der Waals surface area contributed by atoms with Crippen LogP contribution in [0.4, 0.5) is 45.5 Å². The minimum absolute atomic E-state index is 1.11. The molecule has 0 bridgehead atoms. The Bertz CT molecular complexity index is 2670. The molecule has 9 rings (SSSR count). The number of nitrogens with zero attached hydrogens (tertiary/aromatic N) is 3. The van der Waals surface area contributed by atoms with Crippen molar-refractivity contribution in [2.24, 2.45) is 0 Å². The quantitative estimate of drug-likeness (QED) is 0.130. The lowest BCUT2D eigenvalue weighted by atomic mass is 9.93. The molecule has 0 aliphatic rings. The minimum Gasteiger partial charge on any atom is -0.345 e. The van der Waals surface area contributed by atoms with Gasteiger partial charge in [0.2, 0.25) is 0 Å². The van der Waals surface area contributed by atoms with E-state index in [1.807, 2.05) is 0 Å². The Kier molecular flexibility index (Phi) is 10.8. The molecule has 0 saturated heterocycles. The largest absolute Gasteiger partial charge is 0.345 e. The Morgan fingerprint density at radius 3 is 0.867 bits per heavy atom. The third-order valence-corrected chi connectivity index (χ3v) is 11.1. The fourth-order valence-electron chi connectivity index (χ4n) is 7.99. The molecule has 0 N–H and O–H groups in total. The molecule has 0 aliphatic heterocycles. The number of hydrogen-bond donors (Lipinski definition) is 0. The summed E-state index contributed by atoms with van der Waals surface area (Å²) in [4.78, 5) is 6.87. The van der Waals surface area contributed by atoms with Gasteiger partial charge in [-0.1, -0.05) is 115 Å². The van der Waals surface area contributed by atoms with Gasteiger partial charge in [-0.3, -0.25) is 0 Å². The fraction of sp³-hybridized carbons (Fsp3) is 0.0526. The van der Waals surface area contributed by atoms with Crippen molar-refractivity contribution < 1.29 is 0 Å². The normalized spacial score (nSPS) is 10.9. The summed E-state index contributed by atoms with van der Waals surface area (Å²) in [5, 5.41) is 0. The van der Waals surface area contributed by atoms with Crippen LogP contribution in [0.15, 0.2) is 231 Å². The van der Waals surface area contributed by atoms with E-state index in [-0.39, 0.29) is 0 Å². The van der Waals surface area contributed by atoms with E-state index < -0.39 is 0 Å². The van der Waals surface area contributed by atoms with Gasteiger partial charge < -0.3 is 14.7 Å². The van der Waals surface area contributed by atoms with Gasteiger partial charge in [0.1, 0.15) is 0 Å². The van der Waals surface area contributed by atoms with Crippen LogP contribution in [0.5, 0.6) is 0 Å². The average Bonchev–Trinajstić information content (AvgIpc) is 3.30. The molecular weight excluding hydrogens is 727 g/mol. The number of rotatable bonds is 11. The van der Waals surface area contributed by atoms with Crippen LogP contribution in [0.25, 0.3) is 33.4 Å². The first-order chi connectivity index (χ1) is 29.5. The Morgan fingerprint density at radius 1 is 0.233 bits per heavy atom. The van der Waals surface area contributed by atoms with Crippen molar-refractivity contribution in [1.82, 2.24) is 0 Å². The molecular formula is C57H47N3. The van der Waals surface area contributed by atoms with Crippen LogP contribution in [-0.4, -0.2) is 7.05 Å². The maximum absolute atomic E-state index is 2.33. The molecule has 0 unspecified atom stereocenters. The van der Waals surface area contributed by atoms with Gasteiger partial charge in [-0.2, -0.15) is 0 Å². The SMILES string of the molecule is Cc1cccc(N(c2ccccc2)c2ccc(-c3cc(-c4ccc(N(C)c5ccccc5)cc4)cc(-c4ccc(N(c5ccccc5)c5cccc(C)c5)cc4)c3)cc2)c1. The molecule has 0 fully saturated rings. The van der Waals surface area contributed by atoms with Crippen molar-refractivity contribution in [2.45, 2.75) is 13.8 Å². The van der Waals surface area contributed by atoms with E-state index in [0.717, 1.165) is 67.8 Å². The maximum atomic E-state index is 2.33. The summed E-state index contributed by atoms with van der Waals surface area (Å²) in [6.45, 7) is 4.29. The molecule has 0 aromatic heterocycles. The molecule has 0 spiro atoms. The highest BCUT2D eigenvalue weighted by Crippen LogP contribution is 2.40. The van der Waals surface area contributed by atoms with Crippen molar-refractivity contribution in [3.05, 3.63) is 242 Å². The molecule has 0 saturated carbocycles. The van der Waals surface area contributed by atoms with Gasteiger partial charge in [-0.25, -0.2) is 0 Å². The second kappa shape index (κ2) is 17.1. The Labute approximate surface area is 354 Å². The number of para-hydroxylation sites is 3. The molecule has 0 radical (unpaired) electrons. The van der Waals surface area contributed by atoms with Gasteiger partial charge in [-0.05, 0) is 174 Å². The van der Waals surface area contributed by atoms with E-state index in [1.165, 1.54) is 22.3 Å². The van der Waals surface area contributed by atoms with E-state index >= 15 is 0 Å². The molecule has 3 nitrogen and oxygen atoms in total. The molecule has 290 valence electrons. The summed E-state index contributed by atoms with van der Waals surface area (Å²) in [5.41, 5.74) is 18.5. The summed E-state index contributed by atoms with van der Waals surface area (Å²) in [7, 11) is 2.12. The predicted molar refractivity (Wildman–Crippen MR) is 256 cm³/mol. The lowest BCUT2D eigenvalue weighted by Crippen LogP contribution is -2.09. The van der Waals surface area contributed by atoms with Crippen molar-refractivity contribution in [3.8, 4) is 33.4 Å². The van der Waals surface area contributed by atoms with Crippen molar-refractivity contribution in [2.75, 3.05) is 21.7 Å². The van der Waals surface area contributed by atoms with Crippen molar-refractivity contribution in [1.29, 1.82) is 0 Å². The van der Waals surface area contributed by atoms with Crippen LogP contribution in [-0.2, 0) is 0 Å². The van der Waals surface area contributed by atoms with Gasteiger partial charge in [-0.15, -0.1) is 0 Å². The summed E-state index contributed by atoms with van der Waals surface area (Å²) < 4.78 is 0. The lowest BCUT2D eigenvalue weighted by molar-refractivity contribution is 1.21. The summed E-state index contributed by atoms with van der Waals surface area (Å²) in [5.74, 6) is 0. The zero-order valence-electron chi connectivity index (χ0n) is 34.3. The molecule has 9 aromatic carbocycles. The van der Waals surface area contributed by atoms with Crippen LogP contribution in [0.3, 0.4) is 0 Å². The van der Waals surface area contributed by atoms with Crippen LogP contribution < -0.4 is 14.7 Å². The van der Waals surface area contributed by atoms with Crippen LogP contribution in [0.2, 0.25) is 0 Å². The molecule has 0 aliphatic carbocycles. The Balaban J connectivity index is 1.11. The van der Waals surface area contributed by atoms with E-state index in [9.17, 15) is 0 Å². The minimum atomic E-state index is 1.11. The smallest absolute Gasteiger partial charge is 0.0464 e. The van der Waals surface area contributed by atoms with E-state index in [0.29, 0.717) is 0 Å². The summed E-state index contributed by atoms with van der Waals surface area (Å²) >= 11 is 0. The van der Waals surface area contributed by atoms with Gasteiger partial charge in [0.05, 0.1) is 0 Å². The first-order valence-corrected chi connectivity index (χ1v) is 20.6. The van der Waals surface area contributed by atoms with Crippen molar-refractivity contribution >= 4 is 45.5 Å². The predicted octanol–water partition coefficient (Wildman–Crippen LogP) is 16.0. The van der Waals surface area contributed by atoms with Gasteiger partial charge in [0.15, 0.2) is 0 Å². The Morgan fingerprint density at radius 2 is 0.517 bits per heavy atom. The zero-order valence-corrected chi connectivity index (χ0v) is 34.3. The average molecular weight is 774 g/mol. The Hall–Kier alpha value is -7.62. The zero-order chi connectivity index (χ0) is 40.8. The molecule has 0 heterocycles. The van der Waals surface area contributed by atoms with Gasteiger partial charge in [0, 0.05) is 52.5 Å². The fourth-order valence-corrected chi connectivity index (χ4v) is 7.99. The van der Waals surface area contributed by atoms with E-state index in [4.69, 9.17) is 0 Å². The third kappa shape index (κ3) is 8.20. The highest BCUT2D eigenvalue weighted by atomic mass is 15.1. The highest BCUT2D eigenvalue weighted by Gasteiger charge is 2.16. The number of benzene rings is 9. The monoisotopic (exact) mass is 773 g/mol.